The maximum atomic E-state index is 11.9. The molecule has 9 atom stereocenters. The average molecular weight is 1880 g/mol. The van der Waals surface area contributed by atoms with Crippen molar-refractivity contribution in [2.45, 2.75) is 184 Å². The molecule has 2 rings (SSSR count). The smallest absolute Gasteiger partial charge is 0.309 e. The van der Waals surface area contributed by atoms with Crippen LogP contribution in [0.3, 0.4) is 0 Å². The van der Waals surface area contributed by atoms with Crippen molar-refractivity contribution in [2.75, 3.05) is 121 Å². The minimum atomic E-state index is -1.08. The van der Waals surface area contributed by atoms with E-state index in [2.05, 4.69) is 0 Å². The maximum Gasteiger partial charge on any atom is 0.309 e. The number of aliphatic carboxylic acids is 9. The molecule has 54 nitrogen and oxygen atoms in total. The molecular formula is C75H137N9O45. The van der Waals surface area contributed by atoms with Gasteiger partial charge >= 0.3 is 53.7 Å². The van der Waals surface area contributed by atoms with E-state index in [0.29, 0.717) is 25.7 Å². The molecule has 129 heavy (non-hydrogen) atoms. The third-order valence-corrected chi connectivity index (χ3v) is 18.6. The number of aliphatic hydroxyl groups excluding tert-OH is 18. The van der Waals surface area contributed by atoms with Crippen LogP contribution in [0.5, 0.6) is 0 Å². The van der Waals surface area contributed by atoms with Crippen LogP contribution >= 0.6 is 0 Å². The lowest BCUT2D eigenvalue weighted by atomic mass is 9.74. The third kappa shape index (κ3) is 60.3. The van der Waals surface area contributed by atoms with E-state index in [1.54, 1.807) is 20.8 Å². The lowest BCUT2D eigenvalue weighted by Gasteiger charge is -2.33. The van der Waals surface area contributed by atoms with E-state index in [9.17, 15) is 86.3 Å². The van der Waals surface area contributed by atoms with E-state index in [1.165, 1.54) is 34.6 Å². The molecule has 0 aliphatic heterocycles. The summed E-state index contributed by atoms with van der Waals surface area (Å²) in [5, 5.41) is 233. The molecule has 0 aromatic carbocycles. The number of aliphatic hydroxyl groups is 18. The maximum absolute atomic E-state index is 11.9. The van der Waals surface area contributed by atoms with Crippen LogP contribution in [-0.4, -0.2) is 410 Å². The Balaban J connectivity index is -0.000000260. The Labute approximate surface area is 742 Å². The lowest BCUT2D eigenvalue weighted by molar-refractivity contribution is -0.157. The molecule has 0 aromatic heterocycles. The van der Waals surface area contributed by atoms with Gasteiger partial charge in [-0.15, -0.1) is 0 Å². The molecule has 27 N–H and O–H groups in total. The second-order valence-electron chi connectivity index (χ2n) is 30.2. The van der Waals surface area contributed by atoms with Crippen LogP contribution in [0.15, 0.2) is 0 Å². The van der Waals surface area contributed by atoms with Crippen LogP contribution in [0.25, 0.3) is 0 Å². The SMILES string of the molecule is CC(C)(CC(=O)O)CC(=O)N(CO)CO.CC(C)(CCC(=O)N(CO)CO)C(=O)O.CC(CC(=O)N(CO)CO)C(=O)O.CC(CC(=O)N(CO)CO)C(=O)O.CC(CC(=O)N(CO)CO)C(=O)O.CC(CC(=O)O)CC(=O)N(CO)CO.CC1CCC(C(=O)N(CO)CO)C(C(=O)O)C1.O=C(O)C1CCCCC1C(=O)N(CO)CO.O=C(O)CCCC(=O)N(CO)CO. The number of carboxylic acid groups (broad SMARTS) is 9. The largest absolute Gasteiger partial charge is 0.481 e. The van der Waals surface area contributed by atoms with E-state index in [0.717, 1.165) is 63.4 Å². The molecule has 9 amide bonds. The minimum Gasteiger partial charge on any atom is -0.481 e. The highest BCUT2D eigenvalue weighted by molar-refractivity contribution is 5.87. The van der Waals surface area contributed by atoms with E-state index >= 15 is 0 Å². The number of nitrogens with zero attached hydrogens (tertiary/aromatic N) is 9. The van der Waals surface area contributed by atoms with Crippen molar-refractivity contribution in [3.63, 3.8) is 0 Å². The van der Waals surface area contributed by atoms with Crippen molar-refractivity contribution in [3.8, 4) is 0 Å². The Bertz CT molecular complexity index is 3200. The van der Waals surface area contributed by atoms with Crippen molar-refractivity contribution in [1.82, 2.24) is 44.1 Å². The van der Waals surface area contributed by atoms with Gasteiger partial charge in [0, 0.05) is 57.8 Å². The van der Waals surface area contributed by atoms with Crippen LogP contribution in [0, 0.1) is 64.1 Å². The van der Waals surface area contributed by atoms with Crippen molar-refractivity contribution in [3.05, 3.63) is 0 Å². The monoisotopic (exact) mass is 1880 g/mol. The van der Waals surface area contributed by atoms with Crippen molar-refractivity contribution < 1.29 is 224 Å². The summed E-state index contributed by atoms with van der Waals surface area (Å²) in [5.74, 6) is -18.7. The van der Waals surface area contributed by atoms with Gasteiger partial charge in [0.2, 0.25) is 53.2 Å². The van der Waals surface area contributed by atoms with E-state index in [-0.39, 0.29) is 88.9 Å². The number of amides is 9. The van der Waals surface area contributed by atoms with Gasteiger partial charge in [0.15, 0.2) is 0 Å². The Morgan fingerprint density at radius 1 is 0.295 bits per heavy atom. The molecule has 0 spiro atoms. The van der Waals surface area contributed by atoms with Gasteiger partial charge in [-0.2, -0.15) is 0 Å². The molecule has 9 unspecified atom stereocenters. The quantitative estimate of drug-likeness (QED) is 0.0252. The zero-order valence-corrected chi connectivity index (χ0v) is 73.8. The fraction of sp³-hybridized carbons (Fsp3) is 0.760. The van der Waals surface area contributed by atoms with Gasteiger partial charge < -0.3 is 138 Å². The van der Waals surface area contributed by atoms with E-state index < -0.39 is 280 Å². The molecule has 2 aliphatic carbocycles. The van der Waals surface area contributed by atoms with Gasteiger partial charge in [0.05, 0.1) is 53.3 Å². The molecule has 2 fully saturated rings. The Morgan fingerprint density at radius 2 is 0.574 bits per heavy atom. The van der Waals surface area contributed by atoms with Gasteiger partial charge in [0.25, 0.3) is 0 Å². The van der Waals surface area contributed by atoms with Crippen molar-refractivity contribution >= 4 is 107 Å². The first-order valence-corrected chi connectivity index (χ1v) is 39.5. The second kappa shape index (κ2) is 74.5. The average Bonchev–Trinajstić information content (AvgIpc) is 0.824. The van der Waals surface area contributed by atoms with Gasteiger partial charge in [0.1, 0.15) is 121 Å². The second-order valence-corrected chi connectivity index (χ2v) is 30.2. The Kier molecular flexibility index (Phi) is 76.2. The van der Waals surface area contributed by atoms with Crippen LogP contribution in [0.2, 0.25) is 0 Å². The number of hydrogen-bond donors (Lipinski definition) is 27. The molecule has 0 bridgehead atoms. The summed E-state index contributed by atoms with van der Waals surface area (Å²) in [6.45, 7) is 3.55. The number of carboxylic acids is 9. The molecule has 0 saturated heterocycles. The highest BCUT2D eigenvalue weighted by Gasteiger charge is 2.41. The molecular weight excluding hydrogens is 1750 g/mol. The number of hydrogen-bond acceptors (Lipinski definition) is 36. The molecule has 752 valence electrons. The normalized spacial score (nSPS) is 15.5. The van der Waals surface area contributed by atoms with Crippen LogP contribution < -0.4 is 0 Å². The van der Waals surface area contributed by atoms with Gasteiger partial charge in [-0.1, -0.05) is 61.3 Å². The zero-order valence-electron chi connectivity index (χ0n) is 73.8. The van der Waals surface area contributed by atoms with Crippen molar-refractivity contribution in [1.29, 1.82) is 0 Å². The summed E-state index contributed by atoms with van der Waals surface area (Å²) < 4.78 is 0. The Hall–Kier alpha value is -10.3. The highest BCUT2D eigenvalue weighted by atomic mass is 16.4. The first-order chi connectivity index (χ1) is 60.0. The van der Waals surface area contributed by atoms with Crippen LogP contribution in [0.4, 0.5) is 0 Å². The summed E-state index contributed by atoms with van der Waals surface area (Å²) in [5.41, 5.74) is -1.67. The third-order valence-electron chi connectivity index (χ3n) is 18.6. The van der Waals surface area contributed by atoms with Crippen LogP contribution in [-0.2, 0) is 86.3 Å². The lowest BCUT2D eigenvalue weighted by Crippen LogP contribution is -2.44. The van der Waals surface area contributed by atoms with Gasteiger partial charge in [-0.25, -0.2) is 0 Å². The van der Waals surface area contributed by atoms with E-state index in [1.807, 2.05) is 6.92 Å². The number of rotatable bonds is 47. The number of carbonyl (C=O) groups excluding carboxylic acids is 9. The highest BCUT2D eigenvalue weighted by Crippen LogP contribution is 2.36. The van der Waals surface area contributed by atoms with E-state index in [4.69, 9.17) is 138 Å². The summed E-state index contributed by atoms with van der Waals surface area (Å²) >= 11 is 0. The van der Waals surface area contributed by atoms with Crippen LogP contribution in [0.1, 0.15) is 184 Å². The minimum absolute atomic E-state index is 0.00736. The molecule has 0 heterocycles. The first kappa shape index (κ1) is 132. The molecule has 0 aromatic rings. The predicted octanol–water partition coefficient (Wildman–Crippen LogP) is -6.67. The summed E-state index contributed by atoms with van der Waals surface area (Å²) in [6.07, 6.45) is 3.73. The predicted molar refractivity (Wildman–Crippen MR) is 433 cm³/mol. The number of carbonyl (C=O) groups is 18. The summed E-state index contributed by atoms with van der Waals surface area (Å²) in [6, 6.07) is 0. The molecule has 0 radical (unpaired) electrons. The molecule has 54 heteroatoms. The standard InChI is InChI=1S/C11H19NO5.C10H17NO5.2C9H17NO5.C8H15NO5.4C7H13NO5/c1-7-2-3-8(9(4-7)11(16)17)10(15)12(5-13)6-14;12-5-11(6-13)9(14)7-3-1-2-4-8(7)10(15)16;1-9(2,4-8(14)15)3-7(13)10(5-11)6-12;1-9(2,8(14)15)4-3-7(13)10(5-11)6-12;1-6(3-8(13)14)2-7(12)9(4-10)5-11;3*1-5(7(12)13)2-6(11)8(3-9)4-10;9-4-8(5-10)6(11)2-1-3-7(12)13/h7-9,13-14H,2-6H2,1H3,(H,16,17);7-8,12-13H,1-6H2,(H,15,16);2*11-12H,3-6H2,1-2H3,(H,14,15);6,10-11H,2-5H2,1H3,(H,13,14);3*5,9-10H,2-4H2,1H3,(H,12,13);9-10H,1-5H2,(H,12,13). The van der Waals surface area contributed by atoms with Gasteiger partial charge in [-0.3, -0.25) is 130 Å². The first-order valence-electron chi connectivity index (χ1n) is 39.5. The Morgan fingerprint density at radius 3 is 0.845 bits per heavy atom. The van der Waals surface area contributed by atoms with Gasteiger partial charge in [-0.05, 0) is 76.0 Å². The summed E-state index contributed by atoms with van der Waals surface area (Å²) in [7, 11) is 0. The topological polar surface area (TPSA) is 883 Å². The fourth-order valence-electron chi connectivity index (χ4n) is 10.4. The van der Waals surface area contributed by atoms with Crippen molar-refractivity contribution in [2.24, 2.45) is 64.1 Å². The zero-order chi connectivity index (χ0) is 102. The summed E-state index contributed by atoms with van der Waals surface area (Å²) in [4.78, 5) is 204. The molecule has 2 saturated carbocycles. The fourth-order valence-corrected chi connectivity index (χ4v) is 10.4. The molecule has 2 aliphatic rings.